The second kappa shape index (κ2) is 8.10. The zero-order chi connectivity index (χ0) is 19.5. The summed E-state index contributed by atoms with van der Waals surface area (Å²) < 4.78 is 5.43. The molecule has 0 aliphatic carbocycles. The molecule has 1 aliphatic rings. The molecule has 4 rings (SSSR count). The van der Waals surface area contributed by atoms with E-state index in [4.69, 9.17) is 16.2 Å². The summed E-state index contributed by atoms with van der Waals surface area (Å²) >= 11 is 0. The third-order valence-corrected chi connectivity index (χ3v) is 4.67. The van der Waals surface area contributed by atoms with Gasteiger partial charge < -0.3 is 16.2 Å². The summed E-state index contributed by atoms with van der Waals surface area (Å²) in [5, 5.41) is 12.4. The largest absolute Gasteiger partial charge is 0.379 e. The van der Waals surface area contributed by atoms with Gasteiger partial charge in [-0.05, 0) is 13.0 Å². The fourth-order valence-corrected chi connectivity index (χ4v) is 3.17. The Balaban J connectivity index is 1.66. The van der Waals surface area contributed by atoms with E-state index in [1.165, 1.54) is 0 Å². The quantitative estimate of drug-likeness (QED) is 0.523. The van der Waals surface area contributed by atoms with Gasteiger partial charge in [0.2, 0.25) is 5.95 Å². The topological polar surface area (TPSA) is 148 Å². The molecule has 4 heterocycles. The van der Waals surface area contributed by atoms with Crippen molar-refractivity contribution in [1.29, 1.82) is 0 Å². The monoisotopic (exact) mass is 384 g/mol. The molecule has 11 heteroatoms. The molecule has 1 saturated heterocycles. The van der Waals surface area contributed by atoms with Crippen LogP contribution in [-0.4, -0.2) is 74.5 Å². The number of nitrogens with one attached hydrogen (secondary N) is 1. The van der Waals surface area contributed by atoms with E-state index < -0.39 is 6.04 Å². The molecule has 0 aromatic carbocycles. The number of rotatable bonds is 6. The standard InChI is InChI=1S/C17H24N10O/c1-2-27(26-5-7-28-8-6-26)17-21-10-11-14(24-25-15(11)23-17)13-3-4-20-16(22-13)12(19)9-18/h3-4,10,12H,2,5-9,18-19H2,1H3,(H,21,23,24,25). The van der Waals surface area contributed by atoms with E-state index in [-0.39, 0.29) is 6.54 Å². The van der Waals surface area contributed by atoms with Crippen LogP contribution in [0.25, 0.3) is 22.4 Å². The summed E-state index contributed by atoms with van der Waals surface area (Å²) in [4.78, 5) is 17.9. The van der Waals surface area contributed by atoms with Crippen LogP contribution < -0.4 is 16.5 Å². The van der Waals surface area contributed by atoms with Crippen LogP contribution in [0.1, 0.15) is 18.8 Å². The Morgan fingerprint density at radius 2 is 2.11 bits per heavy atom. The number of nitrogens with two attached hydrogens (primary N) is 2. The molecule has 0 amide bonds. The normalized spacial score (nSPS) is 16.4. The van der Waals surface area contributed by atoms with Crippen LogP contribution in [0, 0.1) is 0 Å². The molecule has 1 aliphatic heterocycles. The number of hydrogen-bond donors (Lipinski definition) is 3. The molecule has 3 aromatic heterocycles. The first kappa shape index (κ1) is 18.6. The number of morpholine rings is 1. The lowest BCUT2D eigenvalue weighted by Gasteiger charge is -2.36. The van der Waals surface area contributed by atoms with Crippen LogP contribution in [0.15, 0.2) is 18.5 Å². The molecule has 1 unspecified atom stereocenters. The Labute approximate surface area is 162 Å². The molecule has 5 N–H and O–H groups in total. The molecule has 148 valence electrons. The minimum absolute atomic E-state index is 0.272. The van der Waals surface area contributed by atoms with Gasteiger partial charge in [-0.25, -0.2) is 20.0 Å². The minimum Gasteiger partial charge on any atom is -0.379 e. The van der Waals surface area contributed by atoms with E-state index >= 15 is 0 Å². The number of aromatic amines is 1. The molecular formula is C17H24N10O. The molecule has 0 saturated carbocycles. The number of aromatic nitrogens is 6. The van der Waals surface area contributed by atoms with Crippen molar-refractivity contribution in [3.05, 3.63) is 24.3 Å². The lowest BCUT2D eigenvalue weighted by molar-refractivity contribution is 0.0314. The summed E-state index contributed by atoms with van der Waals surface area (Å²) in [6.45, 7) is 6.13. The number of hydrogen-bond acceptors (Lipinski definition) is 10. The molecule has 1 atom stereocenters. The molecule has 28 heavy (non-hydrogen) atoms. The predicted molar refractivity (Wildman–Crippen MR) is 104 cm³/mol. The zero-order valence-corrected chi connectivity index (χ0v) is 15.7. The maximum absolute atomic E-state index is 5.95. The van der Waals surface area contributed by atoms with Gasteiger partial charge in [0.25, 0.3) is 0 Å². The van der Waals surface area contributed by atoms with Gasteiger partial charge in [-0.3, -0.25) is 10.1 Å². The summed E-state index contributed by atoms with van der Waals surface area (Å²) in [6.07, 6.45) is 3.43. The molecule has 0 bridgehead atoms. The Kier molecular flexibility index (Phi) is 5.39. The number of fused-ring (bicyclic) bond motifs is 1. The van der Waals surface area contributed by atoms with Crippen LogP contribution >= 0.6 is 0 Å². The number of nitrogens with zero attached hydrogens (tertiary/aromatic N) is 7. The zero-order valence-electron chi connectivity index (χ0n) is 15.7. The van der Waals surface area contributed by atoms with Gasteiger partial charge in [0.1, 0.15) is 5.82 Å². The number of ether oxygens (including phenoxy) is 1. The highest BCUT2D eigenvalue weighted by atomic mass is 16.5. The van der Waals surface area contributed by atoms with E-state index in [0.29, 0.717) is 36.3 Å². The third-order valence-electron chi connectivity index (χ3n) is 4.67. The number of H-pyrrole nitrogens is 1. The Bertz CT molecular complexity index is 939. The van der Waals surface area contributed by atoms with E-state index in [0.717, 1.165) is 30.7 Å². The smallest absolute Gasteiger partial charge is 0.242 e. The summed E-state index contributed by atoms with van der Waals surface area (Å²) in [6, 6.07) is 1.38. The van der Waals surface area contributed by atoms with Crippen molar-refractivity contribution in [3.63, 3.8) is 0 Å². The van der Waals surface area contributed by atoms with Gasteiger partial charge >= 0.3 is 0 Å². The van der Waals surface area contributed by atoms with E-state index in [9.17, 15) is 0 Å². The average molecular weight is 384 g/mol. The maximum Gasteiger partial charge on any atom is 0.242 e. The number of hydrazine groups is 1. The van der Waals surface area contributed by atoms with Gasteiger partial charge in [0, 0.05) is 38.6 Å². The highest BCUT2D eigenvalue weighted by Gasteiger charge is 2.21. The van der Waals surface area contributed by atoms with E-state index in [1.54, 1.807) is 18.5 Å². The van der Waals surface area contributed by atoms with Crippen LogP contribution in [-0.2, 0) is 4.74 Å². The molecule has 3 aromatic rings. The van der Waals surface area contributed by atoms with E-state index in [1.807, 2.05) is 0 Å². The Morgan fingerprint density at radius 3 is 2.86 bits per heavy atom. The van der Waals surface area contributed by atoms with Crippen LogP contribution in [0.4, 0.5) is 5.95 Å². The lowest BCUT2D eigenvalue weighted by atomic mass is 10.2. The van der Waals surface area contributed by atoms with Crippen molar-refractivity contribution in [2.45, 2.75) is 13.0 Å². The van der Waals surface area contributed by atoms with E-state index in [2.05, 4.69) is 47.1 Å². The second-order valence-corrected chi connectivity index (χ2v) is 6.43. The van der Waals surface area contributed by atoms with Gasteiger partial charge in [-0.15, -0.1) is 0 Å². The summed E-state index contributed by atoms with van der Waals surface area (Å²) in [5.41, 5.74) is 13.5. The van der Waals surface area contributed by atoms with Gasteiger partial charge in [-0.2, -0.15) is 10.1 Å². The molecule has 11 nitrogen and oxygen atoms in total. The predicted octanol–water partition coefficient (Wildman–Crippen LogP) is -0.158. The fraction of sp³-hybridized carbons (Fsp3) is 0.471. The minimum atomic E-state index is -0.413. The highest BCUT2D eigenvalue weighted by molar-refractivity contribution is 5.89. The van der Waals surface area contributed by atoms with Crippen molar-refractivity contribution in [2.75, 3.05) is 44.4 Å². The van der Waals surface area contributed by atoms with Gasteiger partial charge in [0.15, 0.2) is 5.65 Å². The van der Waals surface area contributed by atoms with Gasteiger partial charge in [-0.1, -0.05) is 0 Å². The van der Waals surface area contributed by atoms with Crippen molar-refractivity contribution < 1.29 is 4.74 Å². The van der Waals surface area contributed by atoms with Crippen LogP contribution in [0.2, 0.25) is 0 Å². The fourth-order valence-electron chi connectivity index (χ4n) is 3.17. The first-order valence-electron chi connectivity index (χ1n) is 9.31. The molecular weight excluding hydrogens is 360 g/mol. The average Bonchev–Trinajstić information content (AvgIpc) is 3.18. The van der Waals surface area contributed by atoms with Gasteiger partial charge in [0.05, 0.1) is 36.0 Å². The SMILES string of the molecule is CCN(c1ncc2c(-c3ccnc(C(N)CN)n3)[nH]nc2n1)N1CCOCC1. The Hall–Kier alpha value is -2.73. The van der Waals surface area contributed by atoms with Crippen LogP contribution in [0.5, 0.6) is 0 Å². The number of anilines is 1. The maximum atomic E-state index is 5.95. The molecule has 1 fully saturated rings. The Morgan fingerprint density at radius 1 is 1.29 bits per heavy atom. The van der Waals surface area contributed by atoms with Crippen molar-refractivity contribution in [2.24, 2.45) is 11.5 Å². The molecule has 0 spiro atoms. The summed E-state index contributed by atoms with van der Waals surface area (Å²) in [7, 11) is 0. The summed E-state index contributed by atoms with van der Waals surface area (Å²) in [5.74, 6) is 1.10. The second-order valence-electron chi connectivity index (χ2n) is 6.43. The van der Waals surface area contributed by atoms with Crippen molar-refractivity contribution in [1.82, 2.24) is 35.1 Å². The molecule has 0 radical (unpaired) electrons. The highest BCUT2D eigenvalue weighted by Crippen LogP contribution is 2.25. The first-order chi connectivity index (χ1) is 13.7. The third kappa shape index (κ3) is 3.52. The lowest BCUT2D eigenvalue weighted by Crippen LogP contribution is -2.49. The van der Waals surface area contributed by atoms with Crippen LogP contribution in [0.3, 0.4) is 0 Å². The first-order valence-corrected chi connectivity index (χ1v) is 9.31. The van der Waals surface area contributed by atoms with Crippen molar-refractivity contribution >= 4 is 17.0 Å². The van der Waals surface area contributed by atoms with Crippen molar-refractivity contribution in [3.8, 4) is 11.4 Å².